The quantitative estimate of drug-likeness (QED) is 0.689. The Hall–Kier alpha value is -2.19. The second kappa shape index (κ2) is 5.06. The molecule has 0 heterocycles. The first-order valence-electron chi connectivity index (χ1n) is 6.31. The van der Waals surface area contributed by atoms with Crippen molar-refractivity contribution in [1.29, 1.82) is 0 Å². The average Bonchev–Trinajstić information content (AvgIpc) is 2.48. The van der Waals surface area contributed by atoms with Crippen LogP contribution in [0.15, 0.2) is 54.6 Å². The van der Waals surface area contributed by atoms with Gasteiger partial charge in [0.1, 0.15) is 5.75 Å². The van der Waals surface area contributed by atoms with Crippen molar-refractivity contribution in [3.05, 3.63) is 59.6 Å². The smallest absolute Gasteiger partial charge is 0.127 e. The Morgan fingerprint density at radius 3 is 2.30 bits per heavy atom. The molecule has 0 atom stereocenters. The number of nitrogens with two attached hydrogens (primary N) is 1. The van der Waals surface area contributed by atoms with E-state index >= 15 is 0 Å². The topological polar surface area (TPSA) is 35.2 Å². The van der Waals surface area contributed by atoms with Gasteiger partial charge < -0.3 is 10.5 Å². The molecule has 0 saturated heterocycles. The van der Waals surface area contributed by atoms with E-state index in [2.05, 4.69) is 18.2 Å². The van der Waals surface area contributed by atoms with Crippen molar-refractivity contribution in [3.63, 3.8) is 0 Å². The van der Waals surface area contributed by atoms with Crippen LogP contribution < -0.4 is 10.5 Å². The standard InChI is InChI=1S/C17H14ClNO/c1-20-17-9-12-5-3-2-4-11(12)8-15(17)14-10-13(18)6-7-16(14)19/h2-10H,19H2,1H3. The van der Waals surface area contributed by atoms with Crippen LogP contribution in [-0.2, 0) is 0 Å². The van der Waals surface area contributed by atoms with Crippen LogP contribution in [0, 0.1) is 0 Å². The number of nitrogen functional groups attached to an aromatic ring is 1. The summed E-state index contributed by atoms with van der Waals surface area (Å²) in [5.74, 6) is 0.790. The Labute approximate surface area is 122 Å². The molecule has 0 saturated carbocycles. The number of benzene rings is 3. The molecular formula is C17H14ClNO. The number of ether oxygens (including phenoxy) is 1. The lowest BCUT2D eigenvalue weighted by atomic mass is 9.99. The van der Waals surface area contributed by atoms with E-state index in [0.29, 0.717) is 10.7 Å². The second-order valence-electron chi connectivity index (χ2n) is 4.63. The molecule has 3 heteroatoms. The Balaban J connectivity index is 2.31. The van der Waals surface area contributed by atoms with Crippen LogP contribution in [0.1, 0.15) is 0 Å². The van der Waals surface area contributed by atoms with Gasteiger partial charge in [-0.1, -0.05) is 35.9 Å². The lowest BCUT2D eigenvalue weighted by molar-refractivity contribution is 0.417. The van der Waals surface area contributed by atoms with Gasteiger partial charge in [-0.25, -0.2) is 0 Å². The summed E-state index contributed by atoms with van der Waals surface area (Å²) < 4.78 is 5.50. The maximum Gasteiger partial charge on any atom is 0.127 e. The summed E-state index contributed by atoms with van der Waals surface area (Å²) in [5.41, 5.74) is 8.60. The fourth-order valence-electron chi connectivity index (χ4n) is 2.36. The highest BCUT2D eigenvalue weighted by molar-refractivity contribution is 6.31. The van der Waals surface area contributed by atoms with E-state index in [1.165, 1.54) is 0 Å². The SMILES string of the molecule is COc1cc2ccccc2cc1-c1cc(Cl)ccc1N. The molecule has 3 aromatic carbocycles. The van der Waals surface area contributed by atoms with Gasteiger partial charge in [-0.15, -0.1) is 0 Å². The molecule has 3 aromatic rings. The zero-order chi connectivity index (χ0) is 14.1. The summed E-state index contributed by atoms with van der Waals surface area (Å²) in [4.78, 5) is 0. The molecule has 0 fully saturated rings. The van der Waals surface area contributed by atoms with Gasteiger partial charge in [0, 0.05) is 21.8 Å². The molecule has 0 radical (unpaired) electrons. The molecule has 0 aromatic heterocycles. The van der Waals surface area contributed by atoms with Crippen LogP contribution in [0.4, 0.5) is 5.69 Å². The number of fused-ring (bicyclic) bond motifs is 1. The predicted octanol–water partition coefficient (Wildman–Crippen LogP) is 4.75. The van der Waals surface area contributed by atoms with E-state index < -0.39 is 0 Å². The van der Waals surface area contributed by atoms with Crippen LogP contribution in [0.2, 0.25) is 5.02 Å². The van der Waals surface area contributed by atoms with Gasteiger partial charge in [0.15, 0.2) is 0 Å². The molecule has 0 unspecified atom stereocenters. The van der Waals surface area contributed by atoms with Gasteiger partial charge in [-0.3, -0.25) is 0 Å². The minimum Gasteiger partial charge on any atom is -0.496 e. The molecule has 0 aliphatic carbocycles. The van der Waals surface area contributed by atoms with Crippen molar-refractivity contribution >= 4 is 28.1 Å². The minimum atomic E-state index is 0.657. The number of hydrogen-bond acceptors (Lipinski definition) is 2. The molecular weight excluding hydrogens is 270 g/mol. The van der Waals surface area contributed by atoms with Crippen LogP contribution in [-0.4, -0.2) is 7.11 Å². The van der Waals surface area contributed by atoms with Crippen molar-refractivity contribution < 1.29 is 4.74 Å². The molecule has 100 valence electrons. The molecule has 0 amide bonds. The monoisotopic (exact) mass is 283 g/mol. The third-order valence-electron chi connectivity index (χ3n) is 3.37. The molecule has 0 spiro atoms. The highest BCUT2D eigenvalue weighted by atomic mass is 35.5. The van der Waals surface area contributed by atoms with Crippen LogP contribution in [0.3, 0.4) is 0 Å². The summed E-state index contributed by atoms with van der Waals surface area (Å²) in [6.45, 7) is 0. The number of hydrogen-bond donors (Lipinski definition) is 1. The zero-order valence-electron chi connectivity index (χ0n) is 11.1. The number of halogens is 1. The molecule has 0 aliphatic heterocycles. The van der Waals surface area contributed by atoms with E-state index in [9.17, 15) is 0 Å². The Morgan fingerprint density at radius 2 is 1.60 bits per heavy atom. The largest absolute Gasteiger partial charge is 0.496 e. The molecule has 0 bridgehead atoms. The minimum absolute atomic E-state index is 0.657. The molecule has 20 heavy (non-hydrogen) atoms. The first kappa shape index (κ1) is 12.8. The normalized spacial score (nSPS) is 10.7. The Kier molecular flexibility index (Phi) is 3.25. The maximum atomic E-state index is 6.08. The Bertz CT molecular complexity index is 783. The summed E-state index contributed by atoms with van der Waals surface area (Å²) in [6.07, 6.45) is 0. The average molecular weight is 284 g/mol. The van der Waals surface area contributed by atoms with Gasteiger partial charge in [-0.05, 0) is 41.1 Å². The highest BCUT2D eigenvalue weighted by Crippen LogP contribution is 2.38. The van der Waals surface area contributed by atoms with Gasteiger partial charge in [0.25, 0.3) is 0 Å². The van der Waals surface area contributed by atoms with Crippen molar-refractivity contribution in [3.8, 4) is 16.9 Å². The van der Waals surface area contributed by atoms with Crippen molar-refractivity contribution in [2.24, 2.45) is 0 Å². The van der Waals surface area contributed by atoms with Gasteiger partial charge in [0.05, 0.1) is 7.11 Å². The summed E-state index contributed by atoms with van der Waals surface area (Å²) in [6, 6.07) is 17.7. The third kappa shape index (κ3) is 2.19. The molecule has 2 N–H and O–H groups in total. The summed E-state index contributed by atoms with van der Waals surface area (Å²) in [7, 11) is 1.66. The third-order valence-corrected chi connectivity index (χ3v) is 3.61. The zero-order valence-corrected chi connectivity index (χ0v) is 11.8. The van der Waals surface area contributed by atoms with Crippen molar-refractivity contribution in [1.82, 2.24) is 0 Å². The second-order valence-corrected chi connectivity index (χ2v) is 5.07. The number of rotatable bonds is 2. The van der Waals surface area contributed by atoms with Gasteiger partial charge in [-0.2, -0.15) is 0 Å². The first-order chi connectivity index (χ1) is 9.69. The van der Waals surface area contributed by atoms with Crippen molar-refractivity contribution in [2.45, 2.75) is 0 Å². The van der Waals surface area contributed by atoms with Crippen molar-refractivity contribution in [2.75, 3.05) is 12.8 Å². The Morgan fingerprint density at radius 1 is 0.900 bits per heavy atom. The maximum absolute atomic E-state index is 6.08. The molecule has 3 rings (SSSR count). The van der Waals surface area contributed by atoms with Crippen LogP contribution in [0.25, 0.3) is 21.9 Å². The number of methoxy groups -OCH3 is 1. The lowest BCUT2D eigenvalue weighted by Crippen LogP contribution is -1.93. The lowest BCUT2D eigenvalue weighted by Gasteiger charge is -2.13. The van der Waals surface area contributed by atoms with Crippen LogP contribution >= 0.6 is 11.6 Å². The highest BCUT2D eigenvalue weighted by Gasteiger charge is 2.11. The molecule has 0 aliphatic rings. The van der Waals surface area contributed by atoms with E-state index in [-0.39, 0.29) is 0 Å². The van der Waals surface area contributed by atoms with Crippen LogP contribution in [0.5, 0.6) is 5.75 Å². The van der Waals surface area contributed by atoms with Gasteiger partial charge in [0.2, 0.25) is 0 Å². The van der Waals surface area contributed by atoms with E-state index in [0.717, 1.165) is 27.6 Å². The molecule has 2 nitrogen and oxygen atoms in total. The van der Waals surface area contributed by atoms with E-state index in [1.807, 2.05) is 30.3 Å². The first-order valence-corrected chi connectivity index (χ1v) is 6.69. The summed E-state index contributed by atoms with van der Waals surface area (Å²) in [5, 5.41) is 2.93. The fraction of sp³-hybridized carbons (Fsp3) is 0.0588. The predicted molar refractivity (Wildman–Crippen MR) is 85.4 cm³/mol. The fourth-order valence-corrected chi connectivity index (χ4v) is 2.53. The van der Waals surface area contributed by atoms with Gasteiger partial charge >= 0.3 is 0 Å². The number of anilines is 1. The van der Waals surface area contributed by atoms with E-state index in [1.54, 1.807) is 13.2 Å². The van der Waals surface area contributed by atoms with E-state index in [4.69, 9.17) is 22.1 Å². The summed E-state index contributed by atoms with van der Waals surface area (Å²) >= 11 is 6.08.